The van der Waals surface area contributed by atoms with Crippen LogP contribution in [-0.4, -0.2) is 19.6 Å². The van der Waals surface area contributed by atoms with Gasteiger partial charge in [0.15, 0.2) is 9.84 Å². The van der Waals surface area contributed by atoms with E-state index >= 15 is 0 Å². The molecular weight excluding hydrogens is 310 g/mol. The minimum absolute atomic E-state index is 0.169. The zero-order valence-electron chi connectivity index (χ0n) is 13.5. The number of hydrogen-bond acceptors (Lipinski definition) is 3. The Labute approximate surface area is 137 Å². The van der Waals surface area contributed by atoms with Crippen molar-refractivity contribution in [2.24, 2.45) is 0 Å². The van der Waals surface area contributed by atoms with Crippen molar-refractivity contribution in [3.8, 4) is 0 Å². The molecule has 1 N–H and O–H groups in total. The molecule has 0 aromatic heterocycles. The fraction of sp³-hybridized carbons (Fsp3) is 0.278. The second-order valence-corrected chi connectivity index (χ2v) is 7.76. The van der Waals surface area contributed by atoms with Crippen molar-refractivity contribution >= 4 is 21.4 Å². The molecule has 4 nitrogen and oxygen atoms in total. The molecule has 1 atom stereocenters. The van der Waals surface area contributed by atoms with Crippen molar-refractivity contribution in [1.29, 1.82) is 0 Å². The first-order valence-electron chi connectivity index (χ1n) is 7.55. The van der Waals surface area contributed by atoms with Crippen LogP contribution < -0.4 is 5.32 Å². The quantitative estimate of drug-likeness (QED) is 0.914. The molecule has 0 heterocycles. The molecule has 0 aliphatic rings. The van der Waals surface area contributed by atoms with Crippen LogP contribution in [0.2, 0.25) is 0 Å². The Hall–Kier alpha value is -2.14. The summed E-state index contributed by atoms with van der Waals surface area (Å²) in [6, 6.07) is 13.9. The van der Waals surface area contributed by atoms with Gasteiger partial charge in [-0.15, -0.1) is 0 Å². The van der Waals surface area contributed by atoms with Gasteiger partial charge >= 0.3 is 0 Å². The van der Waals surface area contributed by atoms with Gasteiger partial charge in [0.1, 0.15) is 5.25 Å². The first-order valence-corrected chi connectivity index (χ1v) is 9.10. The summed E-state index contributed by atoms with van der Waals surface area (Å²) < 4.78 is 25.2. The van der Waals surface area contributed by atoms with Crippen LogP contribution in [0.15, 0.2) is 53.4 Å². The fourth-order valence-electron chi connectivity index (χ4n) is 2.21. The lowest BCUT2D eigenvalue weighted by molar-refractivity contribution is -0.115. The highest BCUT2D eigenvalue weighted by atomic mass is 32.2. The summed E-state index contributed by atoms with van der Waals surface area (Å²) in [7, 11) is -3.71. The fourth-order valence-corrected chi connectivity index (χ4v) is 3.47. The standard InChI is InChI=1S/C18H21NO3S/c1-4-15-9-11-16(12-10-15)23(21,22)14(3)18(20)19-17-8-6-5-7-13(17)2/h5-12,14H,4H2,1-3H3,(H,19,20). The van der Waals surface area contributed by atoms with E-state index in [0.29, 0.717) is 5.69 Å². The topological polar surface area (TPSA) is 63.2 Å². The summed E-state index contributed by atoms with van der Waals surface area (Å²) in [5, 5.41) is 1.53. The third-order valence-electron chi connectivity index (χ3n) is 3.90. The minimum Gasteiger partial charge on any atom is -0.325 e. The molecular formula is C18H21NO3S. The van der Waals surface area contributed by atoms with Gasteiger partial charge in [0.2, 0.25) is 5.91 Å². The van der Waals surface area contributed by atoms with E-state index in [1.807, 2.05) is 26.0 Å². The number of aryl methyl sites for hydroxylation is 2. The van der Waals surface area contributed by atoms with Crippen molar-refractivity contribution in [3.63, 3.8) is 0 Å². The van der Waals surface area contributed by atoms with E-state index < -0.39 is 21.0 Å². The molecule has 2 rings (SSSR count). The number of carbonyl (C=O) groups is 1. The third-order valence-corrected chi connectivity index (χ3v) is 5.97. The first-order chi connectivity index (χ1) is 10.9. The molecule has 2 aromatic carbocycles. The third kappa shape index (κ3) is 3.79. The van der Waals surface area contributed by atoms with E-state index in [2.05, 4.69) is 5.32 Å². The van der Waals surface area contributed by atoms with Crippen molar-refractivity contribution in [2.45, 2.75) is 37.3 Å². The van der Waals surface area contributed by atoms with Crippen LogP contribution in [0.1, 0.15) is 25.0 Å². The lowest BCUT2D eigenvalue weighted by Gasteiger charge is -2.15. The zero-order valence-corrected chi connectivity index (χ0v) is 14.4. The van der Waals surface area contributed by atoms with E-state index in [0.717, 1.165) is 17.5 Å². The number of carbonyl (C=O) groups excluding carboxylic acids is 1. The largest absolute Gasteiger partial charge is 0.325 e. The molecule has 0 aliphatic heterocycles. The molecule has 0 bridgehead atoms. The highest BCUT2D eigenvalue weighted by molar-refractivity contribution is 7.92. The number of hydrogen-bond donors (Lipinski definition) is 1. The summed E-state index contributed by atoms with van der Waals surface area (Å²) in [6.45, 7) is 5.27. The Morgan fingerprint density at radius 1 is 1.09 bits per heavy atom. The normalized spacial score (nSPS) is 12.7. The number of amides is 1. The Bertz CT molecular complexity index is 795. The summed E-state index contributed by atoms with van der Waals surface area (Å²) >= 11 is 0. The van der Waals surface area contributed by atoms with Crippen molar-refractivity contribution in [2.75, 3.05) is 5.32 Å². The van der Waals surface area contributed by atoms with Crippen LogP contribution >= 0.6 is 0 Å². The predicted octanol–water partition coefficient (Wildman–Crippen LogP) is 3.36. The first kappa shape index (κ1) is 17.2. The Morgan fingerprint density at radius 3 is 2.26 bits per heavy atom. The number of para-hydroxylation sites is 1. The van der Waals surface area contributed by atoms with E-state index in [4.69, 9.17) is 0 Å². The highest BCUT2D eigenvalue weighted by Gasteiger charge is 2.29. The Kier molecular flexibility index (Phi) is 5.21. The van der Waals surface area contributed by atoms with E-state index in [-0.39, 0.29) is 4.90 Å². The van der Waals surface area contributed by atoms with Crippen molar-refractivity contribution in [1.82, 2.24) is 0 Å². The van der Waals surface area contributed by atoms with Gasteiger partial charge in [-0.1, -0.05) is 37.3 Å². The number of benzene rings is 2. The maximum atomic E-state index is 12.6. The highest BCUT2D eigenvalue weighted by Crippen LogP contribution is 2.20. The van der Waals surface area contributed by atoms with Crippen LogP contribution in [0.3, 0.4) is 0 Å². The van der Waals surface area contributed by atoms with Gasteiger partial charge in [-0.3, -0.25) is 4.79 Å². The average molecular weight is 331 g/mol. The van der Waals surface area contributed by atoms with Gasteiger partial charge in [-0.05, 0) is 49.6 Å². The Balaban J connectivity index is 2.21. The van der Waals surface area contributed by atoms with Gasteiger partial charge in [0.25, 0.3) is 0 Å². The van der Waals surface area contributed by atoms with Crippen LogP contribution in [0.5, 0.6) is 0 Å². The van der Waals surface area contributed by atoms with Crippen molar-refractivity contribution < 1.29 is 13.2 Å². The summed E-state index contributed by atoms with van der Waals surface area (Å²) in [5.74, 6) is -0.529. The summed E-state index contributed by atoms with van der Waals surface area (Å²) in [5.41, 5.74) is 2.57. The maximum Gasteiger partial charge on any atom is 0.242 e. The molecule has 0 saturated heterocycles. The van der Waals surface area contributed by atoms with Gasteiger partial charge in [0, 0.05) is 5.69 Å². The number of rotatable bonds is 5. The van der Waals surface area contributed by atoms with Gasteiger partial charge in [-0.2, -0.15) is 0 Å². The smallest absolute Gasteiger partial charge is 0.242 e. The second-order valence-electron chi connectivity index (χ2n) is 5.49. The molecule has 122 valence electrons. The number of sulfone groups is 1. The van der Waals surface area contributed by atoms with E-state index in [9.17, 15) is 13.2 Å². The molecule has 1 amide bonds. The molecule has 0 spiro atoms. The predicted molar refractivity (Wildman–Crippen MR) is 92.3 cm³/mol. The monoisotopic (exact) mass is 331 g/mol. The molecule has 1 unspecified atom stereocenters. The summed E-state index contributed by atoms with van der Waals surface area (Å²) in [6.07, 6.45) is 0.837. The van der Waals surface area contributed by atoms with Gasteiger partial charge in [-0.25, -0.2) is 8.42 Å². The molecule has 0 radical (unpaired) electrons. The molecule has 23 heavy (non-hydrogen) atoms. The lowest BCUT2D eigenvalue weighted by atomic mass is 10.2. The van der Waals surface area contributed by atoms with Crippen LogP contribution in [0, 0.1) is 6.92 Å². The van der Waals surface area contributed by atoms with Crippen LogP contribution in [0.4, 0.5) is 5.69 Å². The van der Waals surface area contributed by atoms with Crippen LogP contribution in [-0.2, 0) is 21.1 Å². The maximum absolute atomic E-state index is 12.6. The van der Waals surface area contributed by atoms with Crippen LogP contribution in [0.25, 0.3) is 0 Å². The van der Waals surface area contributed by atoms with E-state index in [1.54, 1.807) is 36.4 Å². The number of anilines is 1. The molecule has 5 heteroatoms. The average Bonchev–Trinajstić information content (AvgIpc) is 2.56. The minimum atomic E-state index is -3.71. The zero-order chi connectivity index (χ0) is 17.0. The molecule has 2 aromatic rings. The van der Waals surface area contributed by atoms with Crippen molar-refractivity contribution in [3.05, 3.63) is 59.7 Å². The molecule has 0 fully saturated rings. The second kappa shape index (κ2) is 6.96. The number of nitrogens with one attached hydrogen (secondary N) is 1. The van der Waals surface area contributed by atoms with E-state index in [1.165, 1.54) is 6.92 Å². The Morgan fingerprint density at radius 2 is 1.70 bits per heavy atom. The lowest BCUT2D eigenvalue weighted by Crippen LogP contribution is -2.32. The summed E-state index contributed by atoms with van der Waals surface area (Å²) in [4.78, 5) is 12.5. The molecule has 0 saturated carbocycles. The van der Waals surface area contributed by atoms with Gasteiger partial charge in [0.05, 0.1) is 4.90 Å². The SMILES string of the molecule is CCc1ccc(S(=O)(=O)C(C)C(=O)Nc2ccccc2C)cc1. The van der Waals surface area contributed by atoms with Gasteiger partial charge < -0.3 is 5.32 Å². The molecule has 0 aliphatic carbocycles.